The molecule has 1 aliphatic rings. The van der Waals surface area contributed by atoms with Crippen molar-refractivity contribution in [2.24, 2.45) is 0 Å². The number of hydrogen-bond donors (Lipinski definition) is 0. The van der Waals surface area contributed by atoms with E-state index in [1.165, 1.54) is 13.2 Å². The van der Waals surface area contributed by atoms with Crippen molar-refractivity contribution in [2.75, 3.05) is 13.7 Å². The Labute approximate surface area is 114 Å². The third-order valence-corrected chi connectivity index (χ3v) is 3.72. The summed E-state index contributed by atoms with van der Waals surface area (Å²) < 4.78 is 10.1. The van der Waals surface area contributed by atoms with Crippen molar-refractivity contribution < 1.29 is 14.3 Å². The predicted molar refractivity (Wildman–Crippen MR) is 66.3 cm³/mol. The van der Waals surface area contributed by atoms with Gasteiger partial charge >= 0.3 is 5.97 Å². The molecule has 1 heterocycles. The Balaban J connectivity index is 2.39. The Bertz CT molecular complexity index is 474. The molecule has 92 valence electrons. The van der Waals surface area contributed by atoms with Gasteiger partial charge < -0.3 is 9.47 Å². The number of fused-ring (bicyclic) bond motifs is 1. The van der Waals surface area contributed by atoms with Gasteiger partial charge in [0, 0.05) is 11.5 Å². The maximum atomic E-state index is 11.3. The summed E-state index contributed by atoms with van der Waals surface area (Å²) in [6, 6.07) is 1.53. The highest BCUT2D eigenvalue weighted by atomic mass is 35.5. The highest BCUT2D eigenvalue weighted by molar-refractivity contribution is 6.44. The topological polar surface area (TPSA) is 35.5 Å². The first-order valence-corrected chi connectivity index (χ1v) is 6.05. The molecule has 0 fully saturated rings. The summed E-state index contributed by atoms with van der Waals surface area (Å²) in [4.78, 5) is 11.3. The summed E-state index contributed by atoms with van der Waals surface area (Å²) in [7, 11) is 1.34. The molecule has 17 heavy (non-hydrogen) atoms. The molecule has 3 nitrogen and oxygen atoms in total. The van der Waals surface area contributed by atoms with E-state index in [2.05, 4.69) is 4.74 Å². The van der Waals surface area contributed by atoms with E-state index >= 15 is 0 Å². The van der Waals surface area contributed by atoms with Crippen LogP contribution in [0.25, 0.3) is 0 Å². The number of carbonyl (C=O) groups excluding carboxylic acids is 1. The highest BCUT2D eigenvalue weighted by Crippen LogP contribution is 2.47. The maximum Gasteiger partial charge on any atom is 0.306 e. The van der Waals surface area contributed by atoms with Crippen molar-refractivity contribution in [1.82, 2.24) is 0 Å². The molecule has 0 saturated heterocycles. The first kappa shape index (κ1) is 12.8. The van der Waals surface area contributed by atoms with Crippen molar-refractivity contribution >= 4 is 40.8 Å². The van der Waals surface area contributed by atoms with Gasteiger partial charge in [-0.2, -0.15) is 0 Å². The van der Waals surface area contributed by atoms with E-state index in [1.54, 1.807) is 0 Å². The molecule has 0 bridgehead atoms. The number of ether oxygens (including phenoxy) is 2. The molecule has 0 spiro atoms. The van der Waals surface area contributed by atoms with E-state index < -0.39 is 0 Å². The minimum Gasteiger partial charge on any atom is -0.491 e. The SMILES string of the molecule is COC(=O)CC1COc2c(Cl)cc(Cl)c(Cl)c21. The Morgan fingerprint density at radius 2 is 2.18 bits per heavy atom. The van der Waals surface area contributed by atoms with Gasteiger partial charge in [0.25, 0.3) is 0 Å². The van der Waals surface area contributed by atoms with Gasteiger partial charge in [-0.15, -0.1) is 0 Å². The standard InChI is InChI=1S/C11H9Cl3O3/c1-16-8(15)2-5-4-17-11-7(13)3-6(12)10(14)9(5)11/h3,5H,2,4H2,1H3. The first-order chi connectivity index (χ1) is 8.04. The zero-order valence-electron chi connectivity index (χ0n) is 8.93. The summed E-state index contributed by atoms with van der Waals surface area (Å²) in [5.41, 5.74) is 0.689. The fraction of sp³-hybridized carbons (Fsp3) is 0.364. The van der Waals surface area contributed by atoms with Crippen LogP contribution in [0.15, 0.2) is 6.07 Å². The second-order valence-corrected chi connectivity index (χ2v) is 4.88. The van der Waals surface area contributed by atoms with E-state index in [9.17, 15) is 4.79 Å². The number of esters is 1. The Kier molecular flexibility index (Phi) is 3.71. The van der Waals surface area contributed by atoms with Crippen LogP contribution in [-0.2, 0) is 9.53 Å². The van der Waals surface area contributed by atoms with Crippen molar-refractivity contribution in [3.63, 3.8) is 0 Å². The summed E-state index contributed by atoms with van der Waals surface area (Å²) in [6.07, 6.45) is 0.194. The number of hydrogen-bond acceptors (Lipinski definition) is 3. The number of carbonyl (C=O) groups is 1. The van der Waals surface area contributed by atoms with Crippen LogP contribution in [0.2, 0.25) is 15.1 Å². The average Bonchev–Trinajstić information content (AvgIpc) is 2.70. The lowest BCUT2D eigenvalue weighted by Crippen LogP contribution is -2.10. The minimum atomic E-state index is -0.321. The summed E-state index contributed by atoms with van der Waals surface area (Å²) in [6.45, 7) is 0.351. The minimum absolute atomic E-state index is 0.166. The fourth-order valence-corrected chi connectivity index (χ4v) is 2.65. The zero-order valence-corrected chi connectivity index (χ0v) is 11.2. The largest absolute Gasteiger partial charge is 0.491 e. The lowest BCUT2D eigenvalue weighted by molar-refractivity contribution is -0.141. The number of methoxy groups -OCH3 is 1. The van der Waals surface area contributed by atoms with Gasteiger partial charge in [0.2, 0.25) is 0 Å². The van der Waals surface area contributed by atoms with Gasteiger partial charge in [-0.1, -0.05) is 34.8 Å². The average molecular weight is 296 g/mol. The first-order valence-electron chi connectivity index (χ1n) is 4.91. The third kappa shape index (κ3) is 2.32. The molecule has 6 heteroatoms. The van der Waals surface area contributed by atoms with Crippen LogP contribution in [0.4, 0.5) is 0 Å². The molecule has 0 saturated carbocycles. The smallest absolute Gasteiger partial charge is 0.306 e. The van der Waals surface area contributed by atoms with Gasteiger partial charge in [0.05, 0.1) is 35.2 Å². The van der Waals surface area contributed by atoms with Crippen LogP contribution in [0.3, 0.4) is 0 Å². The molecule has 0 amide bonds. The molecular weight excluding hydrogens is 286 g/mol. The summed E-state index contributed by atoms with van der Waals surface area (Å²) in [5.74, 6) is 0.0229. The van der Waals surface area contributed by atoms with Crippen LogP contribution in [0.5, 0.6) is 5.75 Å². The Hall–Kier alpha value is -0.640. The Morgan fingerprint density at radius 3 is 2.82 bits per heavy atom. The number of halogens is 3. The van der Waals surface area contributed by atoms with Crippen LogP contribution >= 0.6 is 34.8 Å². The molecule has 0 aromatic heterocycles. The van der Waals surface area contributed by atoms with Crippen LogP contribution in [-0.4, -0.2) is 19.7 Å². The van der Waals surface area contributed by atoms with Crippen molar-refractivity contribution in [1.29, 1.82) is 0 Å². The lowest BCUT2D eigenvalue weighted by atomic mass is 9.98. The van der Waals surface area contributed by atoms with E-state index in [1.807, 2.05) is 0 Å². The third-order valence-electron chi connectivity index (χ3n) is 2.64. The van der Waals surface area contributed by atoms with E-state index in [-0.39, 0.29) is 18.3 Å². The van der Waals surface area contributed by atoms with Crippen LogP contribution in [0.1, 0.15) is 17.9 Å². The van der Waals surface area contributed by atoms with Gasteiger partial charge in [-0.3, -0.25) is 4.79 Å². The summed E-state index contributed by atoms with van der Waals surface area (Å²) >= 11 is 18.1. The molecule has 2 rings (SSSR count). The molecule has 1 aliphatic heterocycles. The second kappa shape index (κ2) is 4.92. The second-order valence-electron chi connectivity index (χ2n) is 3.69. The van der Waals surface area contributed by atoms with Gasteiger partial charge in [-0.05, 0) is 6.07 Å². The van der Waals surface area contributed by atoms with Crippen molar-refractivity contribution in [3.8, 4) is 5.75 Å². The fourth-order valence-electron chi connectivity index (χ4n) is 1.82. The summed E-state index contributed by atoms with van der Waals surface area (Å²) in [5, 5.41) is 1.15. The van der Waals surface area contributed by atoms with E-state index in [4.69, 9.17) is 39.5 Å². The number of rotatable bonds is 2. The quantitative estimate of drug-likeness (QED) is 0.616. The van der Waals surface area contributed by atoms with E-state index in [0.717, 1.165) is 0 Å². The predicted octanol–water partition coefficient (Wildman–Crippen LogP) is 3.69. The Morgan fingerprint density at radius 1 is 1.47 bits per heavy atom. The van der Waals surface area contributed by atoms with Crippen LogP contribution < -0.4 is 4.74 Å². The van der Waals surface area contributed by atoms with Gasteiger partial charge in [0.15, 0.2) is 0 Å². The monoisotopic (exact) mass is 294 g/mol. The molecule has 1 atom stereocenters. The van der Waals surface area contributed by atoms with Crippen molar-refractivity contribution in [3.05, 3.63) is 26.7 Å². The molecule has 0 radical (unpaired) electrons. The molecule has 1 unspecified atom stereocenters. The molecule has 1 aromatic rings. The highest BCUT2D eigenvalue weighted by Gasteiger charge is 2.32. The zero-order chi connectivity index (χ0) is 12.6. The van der Waals surface area contributed by atoms with Gasteiger partial charge in [-0.25, -0.2) is 0 Å². The normalized spacial score (nSPS) is 17.5. The maximum absolute atomic E-state index is 11.3. The molecule has 0 N–H and O–H groups in total. The van der Waals surface area contributed by atoms with Crippen molar-refractivity contribution in [2.45, 2.75) is 12.3 Å². The number of benzene rings is 1. The molecule has 0 aliphatic carbocycles. The van der Waals surface area contributed by atoms with E-state index in [0.29, 0.717) is 33.0 Å². The molecular formula is C11H9Cl3O3. The van der Waals surface area contributed by atoms with Crippen LogP contribution in [0, 0.1) is 0 Å². The molecule has 1 aromatic carbocycles. The lowest BCUT2D eigenvalue weighted by Gasteiger charge is -2.10. The van der Waals surface area contributed by atoms with Gasteiger partial charge in [0.1, 0.15) is 5.75 Å².